The Morgan fingerprint density at radius 2 is 1.83 bits per heavy atom. The molecule has 1 unspecified atom stereocenters. The van der Waals surface area contributed by atoms with Crippen LogP contribution in [-0.2, 0) is 19.1 Å². The van der Waals surface area contributed by atoms with Gasteiger partial charge in [-0.15, -0.1) is 0 Å². The largest absolute Gasteiger partial charge is 0.480 e. The van der Waals surface area contributed by atoms with Crippen molar-refractivity contribution in [1.29, 1.82) is 0 Å². The molecule has 0 bridgehead atoms. The van der Waals surface area contributed by atoms with E-state index in [1.807, 2.05) is 4.90 Å². The van der Waals surface area contributed by atoms with Gasteiger partial charge in [-0.05, 0) is 38.0 Å². The van der Waals surface area contributed by atoms with Crippen molar-refractivity contribution in [2.45, 2.75) is 51.5 Å². The van der Waals surface area contributed by atoms with Crippen LogP contribution < -0.4 is 0 Å². The van der Waals surface area contributed by atoms with E-state index < -0.39 is 5.97 Å². The van der Waals surface area contributed by atoms with E-state index in [2.05, 4.69) is 0 Å². The monoisotopic (exact) mass is 340 g/mol. The molecule has 2 aliphatic rings. The maximum Gasteiger partial charge on any atom is 0.323 e. The minimum absolute atomic E-state index is 0.0977. The first-order valence-corrected chi connectivity index (χ1v) is 8.82. The van der Waals surface area contributed by atoms with Crippen LogP contribution in [0.1, 0.15) is 45.4 Å². The SMILES string of the molecule is CC(=O)N(CC(=O)O)C1CCCN(C(=O)CC2CCOCC2)CC1. The molecule has 1 atom stereocenters. The van der Waals surface area contributed by atoms with Crippen LogP contribution in [0, 0.1) is 5.92 Å². The number of nitrogens with zero attached hydrogens (tertiary/aromatic N) is 2. The summed E-state index contributed by atoms with van der Waals surface area (Å²) in [7, 11) is 0. The number of ether oxygens (including phenoxy) is 1. The van der Waals surface area contributed by atoms with E-state index in [0.717, 1.165) is 38.9 Å². The molecule has 7 heteroatoms. The fraction of sp³-hybridized carbons (Fsp3) is 0.824. The van der Waals surface area contributed by atoms with Crippen molar-refractivity contribution in [3.05, 3.63) is 0 Å². The first-order chi connectivity index (χ1) is 11.5. The average molecular weight is 340 g/mol. The Balaban J connectivity index is 1.87. The number of carbonyl (C=O) groups excluding carboxylic acids is 2. The van der Waals surface area contributed by atoms with Gasteiger partial charge in [0.25, 0.3) is 0 Å². The van der Waals surface area contributed by atoms with Gasteiger partial charge < -0.3 is 19.6 Å². The Morgan fingerprint density at radius 1 is 1.12 bits per heavy atom. The molecule has 2 heterocycles. The topological polar surface area (TPSA) is 87.2 Å². The number of likely N-dealkylation sites (tertiary alicyclic amines) is 1. The van der Waals surface area contributed by atoms with Gasteiger partial charge in [0.15, 0.2) is 0 Å². The average Bonchev–Trinajstić information content (AvgIpc) is 2.79. The standard InChI is InChI=1S/C17H28N2O5/c1-13(20)19(12-17(22)23)15-3-2-7-18(8-4-15)16(21)11-14-5-9-24-10-6-14/h14-15H,2-12H2,1H3,(H,22,23). The number of rotatable bonds is 5. The lowest BCUT2D eigenvalue weighted by molar-refractivity contribution is -0.145. The van der Waals surface area contributed by atoms with E-state index in [1.165, 1.54) is 11.8 Å². The van der Waals surface area contributed by atoms with Crippen LogP contribution in [0.2, 0.25) is 0 Å². The zero-order valence-corrected chi connectivity index (χ0v) is 14.4. The molecular formula is C17H28N2O5. The molecule has 2 saturated heterocycles. The quantitative estimate of drug-likeness (QED) is 0.810. The van der Waals surface area contributed by atoms with Crippen molar-refractivity contribution in [1.82, 2.24) is 9.80 Å². The third-order valence-corrected chi connectivity index (χ3v) is 5.01. The van der Waals surface area contributed by atoms with Crippen molar-refractivity contribution in [2.24, 2.45) is 5.92 Å². The molecule has 24 heavy (non-hydrogen) atoms. The van der Waals surface area contributed by atoms with E-state index in [4.69, 9.17) is 9.84 Å². The molecule has 7 nitrogen and oxygen atoms in total. The summed E-state index contributed by atoms with van der Waals surface area (Å²) in [5, 5.41) is 8.99. The van der Waals surface area contributed by atoms with E-state index in [0.29, 0.717) is 31.8 Å². The third kappa shape index (κ3) is 5.47. The minimum Gasteiger partial charge on any atom is -0.480 e. The second-order valence-corrected chi connectivity index (χ2v) is 6.77. The number of amides is 2. The zero-order valence-electron chi connectivity index (χ0n) is 14.4. The normalized spacial score (nSPS) is 22.7. The summed E-state index contributed by atoms with van der Waals surface area (Å²) in [5.41, 5.74) is 0. The Labute approximate surface area is 142 Å². The van der Waals surface area contributed by atoms with Crippen LogP contribution in [-0.4, -0.2) is 71.6 Å². The van der Waals surface area contributed by atoms with Crippen molar-refractivity contribution >= 4 is 17.8 Å². The maximum absolute atomic E-state index is 12.5. The number of carboxylic acid groups (broad SMARTS) is 1. The highest BCUT2D eigenvalue weighted by molar-refractivity contribution is 5.80. The van der Waals surface area contributed by atoms with Crippen LogP contribution in [0.15, 0.2) is 0 Å². The molecule has 0 radical (unpaired) electrons. The van der Waals surface area contributed by atoms with Gasteiger partial charge in [0, 0.05) is 45.7 Å². The van der Waals surface area contributed by atoms with Gasteiger partial charge in [-0.25, -0.2) is 0 Å². The van der Waals surface area contributed by atoms with Gasteiger partial charge >= 0.3 is 5.97 Å². The third-order valence-electron chi connectivity index (χ3n) is 5.01. The molecule has 0 aliphatic carbocycles. The van der Waals surface area contributed by atoms with Crippen LogP contribution in [0.25, 0.3) is 0 Å². The fourth-order valence-corrected chi connectivity index (χ4v) is 3.61. The van der Waals surface area contributed by atoms with E-state index in [-0.39, 0.29) is 24.4 Å². The van der Waals surface area contributed by atoms with Gasteiger partial charge in [0.1, 0.15) is 6.54 Å². The molecule has 2 aliphatic heterocycles. The number of hydrogen-bond donors (Lipinski definition) is 1. The second-order valence-electron chi connectivity index (χ2n) is 6.77. The molecule has 136 valence electrons. The lowest BCUT2D eigenvalue weighted by atomic mass is 9.96. The van der Waals surface area contributed by atoms with Crippen LogP contribution in [0.4, 0.5) is 0 Å². The van der Waals surface area contributed by atoms with Gasteiger partial charge in [0.05, 0.1) is 0 Å². The van der Waals surface area contributed by atoms with Crippen molar-refractivity contribution in [2.75, 3.05) is 32.8 Å². The molecule has 0 spiro atoms. The molecule has 1 N–H and O–H groups in total. The van der Waals surface area contributed by atoms with Crippen LogP contribution in [0.3, 0.4) is 0 Å². The van der Waals surface area contributed by atoms with Crippen LogP contribution >= 0.6 is 0 Å². The highest BCUT2D eigenvalue weighted by atomic mass is 16.5. The summed E-state index contributed by atoms with van der Waals surface area (Å²) in [6, 6.07) is -0.0977. The van der Waals surface area contributed by atoms with Gasteiger partial charge in [-0.3, -0.25) is 14.4 Å². The summed E-state index contributed by atoms with van der Waals surface area (Å²) in [5.74, 6) is -0.632. The highest BCUT2D eigenvalue weighted by Crippen LogP contribution is 2.22. The van der Waals surface area contributed by atoms with Gasteiger partial charge in [-0.2, -0.15) is 0 Å². The molecule has 0 aromatic rings. The molecule has 0 saturated carbocycles. The Bertz CT molecular complexity index is 462. The van der Waals surface area contributed by atoms with E-state index in [1.54, 1.807) is 0 Å². The number of hydrogen-bond acceptors (Lipinski definition) is 4. The first-order valence-electron chi connectivity index (χ1n) is 8.82. The number of aliphatic carboxylic acids is 1. The fourth-order valence-electron chi connectivity index (χ4n) is 3.61. The number of carbonyl (C=O) groups is 3. The summed E-state index contributed by atoms with van der Waals surface area (Å²) < 4.78 is 5.33. The maximum atomic E-state index is 12.5. The van der Waals surface area contributed by atoms with Gasteiger partial charge in [-0.1, -0.05) is 0 Å². The van der Waals surface area contributed by atoms with Crippen LogP contribution in [0.5, 0.6) is 0 Å². The zero-order chi connectivity index (χ0) is 17.5. The molecule has 0 aromatic carbocycles. The summed E-state index contributed by atoms with van der Waals surface area (Å²) in [6.07, 6.45) is 4.64. The summed E-state index contributed by atoms with van der Waals surface area (Å²) >= 11 is 0. The predicted molar refractivity (Wildman–Crippen MR) is 87.4 cm³/mol. The Hall–Kier alpha value is -1.63. The second kappa shape index (κ2) is 9.01. The first kappa shape index (κ1) is 18.7. The molecule has 2 rings (SSSR count). The lowest BCUT2D eigenvalue weighted by Gasteiger charge is -2.29. The Morgan fingerprint density at radius 3 is 2.46 bits per heavy atom. The van der Waals surface area contributed by atoms with Crippen molar-refractivity contribution in [3.63, 3.8) is 0 Å². The summed E-state index contributed by atoms with van der Waals surface area (Å²) in [4.78, 5) is 38.5. The molecule has 2 amide bonds. The van der Waals surface area contributed by atoms with Crippen molar-refractivity contribution < 1.29 is 24.2 Å². The minimum atomic E-state index is -0.998. The lowest BCUT2D eigenvalue weighted by Crippen LogP contribution is -2.43. The Kier molecular flexibility index (Phi) is 7.02. The van der Waals surface area contributed by atoms with Crippen molar-refractivity contribution in [3.8, 4) is 0 Å². The smallest absolute Gasteiger partial charge is 0.323 e. The molecule has 0 aromatic heterocycles. The number of carboxylic acids is 1. The molecule has 2 fully saturated rings. The summed E-state index contributed by atoms with van der Waals surface area (Å²) in [6.45, 7) is 3.90. The highest BCUT2D eigenvalue weighted by Gasteiger charge is 2.28. The van der Waals surface area contributed by atoms with E-state index >= 15 is 0 Å². The van der Waals surface area contributed by atoms with Gasteiger partial charge in [0.2, 0.25) is 11.8 Å². The van der Waals surface area contributed by atoms with E-state index in [9.17, 15) is 14.4 Å². The molecular weight excluding hydrogens is 312 g/mol. The predicted octanol–water partition coefficient (Wildman–Crippen LogP) is 1.12.